The molecule has 0 spiro atoms. The molecule has 2 aromatic rings. The van der Waals surface area contributed by atoms with Crippen molar-refractivity contribution >= 4 is 11.8 Å². The fourth-order valence-electron chi connectivity index (χ4n) is 4.60. The molecule has 37 heavy (non-hydrogen) atoms. The highest BCUT2D eigenvalue weighted by molar-refractivity contribution is 5.70. The number of fused-ring (bicyclic) bond motifs is 1. The number of amides is 1. The molecule has 2 atom stereocenters. The second-order valence-corrected chi connectivity index (χ2v) is 9.15. The Balaban J connectivity index is 1.80. The molecular weight excluding hydrogens is 519 g/mol. The Morgan fingerprint density at radius 2 is 1.46 bits per heavy atom. The molecule has 0 unspecified atom stereocenters. The molecule has 2 aliphatic rings. The van der Waals surface area contributed by atoms with E-state index < -0.39 is 59.5 Å². The molecule has 1 saturated carbocycles. The predicted octanol–water partition coefficient (Wildman–Crippen LogP) is 7.65. The van der Waals surface area contributed by atoms with Crippen molar-refractivity contribution in [1.82, 2.24) is 4.90 Å². The standard InChI is InChI=1S/C24H21F9N2O2/c1-37-21(36)35(11-12-6-15(23(28,29)30)8-16(7-12)24(31,32)33)20-10-19(13-2-3-13)34-18-5-4-14(9-17(18)20)22(25,26)27/h4-9,13,19-20,34H,2-3,10-11H2,1H3/t19-,20-/m0/s1. The van der Waals surface area contributed by atoms with E-state index in [1.165, 1.54) is 6.07 Å². The van der Waals surface area contributed by atoms with Crippen LogP contribution in [0.3, 0.4) is 0 Å². The van der Waals surface area contributed by atoms with Gasteiger partial charge in [-0.1, -0.05) is 0 Å². The highest BCUT2D eigenvalue weighted by atomic mass is 19.4. The van der Waals surface area contributed by atoms with Crippen molar-refractivity contribution in [3.05, 3.63) is 64.2 Å². The Hall–Kier alpha value is -3.12. The maximum Gasteiger partial charge on any atom is 0.416 e. The van der Waals surface area contributed by atoms with Crippen LogP contribution in [-0.4, -0.2) is 24.1 Å². The van der Waals surface area contributed by atoms with Gasteiger partial charge >= 0.3 is 24.6 Å². The second-order valence-electron chi connectivity index (χ2n) is 9.15. The van der Waals surface area contributed by atoms with Crippen molar-refractivity contribution in [1.29, 1.82) is 0 Å². The summed E-state index contributed by atoms with van der Waals surface area (Å²) in [6.07, 6.45) is -14.3. The number of hydrogen-bond donors (Lipinski definition) is 1. The number of hydrogen-bond acceptors (Lipinski definition) is 3. The molecule has 0 saturated heterocycles. The number of rotatable bonds is 4. The summed E-state index contributed by atoms with van der Waals surface area (Å²) in [6.45, 7) is -0.753. The van der Waals surface area contributed by atoms with Crippen molar-refractivity contribution in [2.45, 2.75) is 56.4 Å². The third-order valence-electron chi connectivity index (χ3n) is 6.53. The van der Waals surface area contributed by atoms with Crippen molar-refractivity contribution < 1.29 is 49.0 Å². The molecular formula is C24H21F9N2O2. The average Bonchev–Trinajstić information content (AvgIpc) is 3.65. The van der Waals surface area contributed by atoms with Crippen molar-refractivity contribution in [2.75, 3.05) is 12.4 Å². The van der Waals surface area contributed by atoms with Crippen LogP contribution < -0.4 is 5.32 Å². The number of ether oxygens (including phenoxy) is 1. The molecule has 2 aromatic carbocycles. The molecule has 0 bridgehead atoms. The minimum atomic E-state index is -5.11. The van der Waals surface area contributed by atoms with Gasteiger partial charge in [-0.25, -0.2) is 4.79 Å². The van der Waals surface area contributed by atoms with Crippen molar-refractivity contribution in [3.8, 4) is 0 Å². The van der Waals surface area contributed by atoms with Gasteiger partial charge in [0.2, 0.25) is 0 Å². The van der Waals surface area contributed by atoms with Crippen molar-refractivity contribution in [2.24, 2.45) is 5.92 Å². The van der Waals surface area contributed by atoms with E-state index >= 15 is 0 Å². The summed E-state index contributed by atoms with van der Waals surface area (Å²) >= 11 is 0. The number of methoxy groups -OCH3 is 1. The number of halogens is 9. The second kappa shape index (κ2) is 9.32. The highest BCUT2D eigenvalue weighted by Crippen LogP contribution is 2.47. The Labute approximate surface area is 205 Å². The van der Waals surface area contributed by atoms with E-state index in [1.54, 1.807) is 0 Å². The van der Waals surface area contributed by atoms with Gasteiger partial charge in [0, 0.05) is 18.3 Å². The smallest absolute Gasteiger partial charge is 0.416 e. The first-order valence-electron chi connectivity index (χ1n) is 11.2. The van der Waals surface area contributed by atoms with Gasteiger partial charge in [0.25, 0.3) is 0 Å². The lowest BCUT2D eigenvalue weighted by atomic mass is 9.88. The number of alkyl halides is 9. The predicted molar refractivity (Wildman–Crippen MR) is 113 cm³/mol. The minimum absolute atomic E-state index is 0.0372. The lowest BCUT2D eigenvalue weighted by Gasteiger charge is -2.39. The molecule has 0 aromatic heterocycles. The lowest BCUT2D eigenvalue weighted by molar-refractivity contribution is -0.143. The number of carbonyl (C=O) groups excluding carboxylic acids is 1. The van der Waals surface area contributed by atoms with E-state index in [-0.39, 0.29) is 30.0 Å². The number of benzene rings is 2. The molecule has 1 aliphatic heterocycles. The number of nitrogens with one attached hydrogen (secondary N) is 1. The zero-order valence-electron chi connectivity index (χ0n) is 19.2. The van der Waals surface area contributed by atoms with Gasteiger partial charge in [0.05, 0.1) is 29.8 Å². The fraction of sp³-hybridized carbons (Fsp3) is 0.458. The Kier molecular flexibility index (Phi) is 6.78. The number of carbonyl (C=O) groups is 1. The summed E-state index contributed by atoms with van der Waals surface area (Å²) in [4.78, 5) is 13.7. The summed E-state index contributed by atoms with van der Waals surface area (Å²) in [5, 5.41) is 3.16. The first-order chi connectivity index (χ1) is 17.1. The van der Waals surface area contributed by atoms with E-state index in [2.05, 4.69) is 5.32 Å². The average molecular weight is 540 g/mol. The molecule has 1 amide bonds. The first kappa shape index (κ1) is 26.9. The zero-order chi connectivity index (χ0) is 27.3. The van der Waals surface area contributed by atoms with E-state index in [0.717, 1.165) is 37.0 Å². The molecule has 1 heterocycles. The summed E-state index contributed by atoms with van der Waals surface area (Å²) in [5.41, 5.74) is -4.30. The zero-order valence-corrected chi connectivity index (χ0v) is 19.2. The molecule has 1 N–H and O–H groups in total. The van der Waals surface area contributed by atoms with Crippen LogP contribution in [0.4, 0.5) is 50.0 Å². The lowest BCUT2D eigenvalue weighted by Crippen LogP contribution is -2.41. The van der Waals surface area contributed by atoms with E-state index in [9.17, 15) is 44.3 Å². The number of nitrogens with zero attached hydrogens (tertiary/aromatic N) is 1. The molecule has 1 aliphatic carbocycles. The van der Waals surface area contributed by atoms with E-state index in [1.807, 2.05) is 0 Å². The van der Waals surface area contributed by atoms with Gasteiger partial charge in [0.1, 0.15) is 0 Å². The van der Waals surface area contributed by atoms with Gasteiger partial charge < -0.3 is 10.1 Å². The van der Waals surface area contributed by atoms with Crippen LogP contribution in [0, 0.1) is 5.92 Å². The van der Waals surface area contributed by atoms with Crippen LogP contribution in [0.15, 0.2) is 36.4 Å². The molecule has 202 valence electrons. The topological polar surface area (TPSA) is 41.6 Å². The monoisotopic (exact) mass is 540 g/mol. The quantitative estimate of drug-likeness (QED) is 0.405. The third-order valence-corrected chi connectivity index (χ3v) is 6.53. The molecule has 0 radical (unpaired) electrons. The van der Waals surface area contributed by atoms with E-state index in [0.29, 0.717) is 17.8 Å². The largest absolute Gasteiger partial charge is 0.453 e. The minimum Gasteiger partial charge on any atom is -0.453 e. The normalized spacial score (nSPS) is 20.2. The van der Waals surface area contributed by atoms with Crippen LogP contribution in [0.1, 0.15) is 53.1 Å². The van der Waals surface area contributed by atoms with Gasteiger partial charge in [-0.3, -0.25) is 4.90 Å². The summed E-state index contributed by atoms with van der Waals surface area (Å²) in [7, 11) is 0.967. The number of anilines is 1. The first-order valence-corrected chi connectivity index (χ1v) is 11.2. The maximum absolute atomic E-state index is 13.4. The van der Waals surface area contributed by atoms with Crippen molar-refractivity contribution in [3.63, 3.8) is 0 Å². The fourth-order valence-corrected chi connectivity index (χ4v) is 4.60. The van der Waals surface area contributed by atoms with E-state index in [4.69, 9.17) is 4.74 Å². The third kappa shape index (κ3) is 5.90. The molecule has 4 nitrogen and oxygen atoms in total. The Morgan fingerprint density at radius 3 is 1.95 bits per heavy atom. The summed E-state index contributed by atoms with van der Waals surface area (Å²) < 4.78 is 125. The maximum atomic E-state index is 13.4. The van der Waals surface area contributed by atoms with Crippen LogP contribution in [0.5, 0.6) is 0 Å². The van der Waals surface area contributed by atoms with Gasteiger partial charge in [-0.2, -0.15) is 39.5 Å². The van der Waals surface area contributed by atoms with Gasteiger partial charge in [-0.05, 0) is 72.7 Å². The molecule has 1 fully saturated rings. The highest BCUT2D eigenvalue weighted by Gasteiger charge is 2.43. The van der Waals surface area contributed by atoms with Crippen LogP contribution in [0.2, 0.25) is 0 Å². The van der Waals surface area contributed by atoms with Crippen LogP contribution in [0.25, 0.3) is 0 Å². The summed E-state index contributed by atoms with van der Waals surface area (Å²) in [5.74, 6) is 0.169. The summed E-state index contributed by atoms with van der Waals surface area (Å²) in [6, 6.07) is 2.48. The molecule has 13 heteroatoms. The van der Waals surface area contributed by atoms with Gasteiger partial charge in [0.15, 0.2) is 0 Å². The van der Waals surface area contributed by atoms with Crippen LogP contribution >= 0.6 is 0 Å². The Bertz CT molecular complexity index is 1140. The SMILES string of the molecule is COC(=O)N(Cc1cc(C(F)(F)F)cc(C(F)(F)F)c1)[C@H]1C[C@@H](C2CC2)Nc2ccc(C(F)(F)F)cc21. The Morgan fingerprint density at radius 1 is 0.892 bits per heavy atom. The van der Waals surface area contributed by atoms with Crippen LogP contribution in [-0.2, 0) is 29.8 Å². The van der Waals surface area contributed by atoms with Gasteiger partial charge in [-0.15, -0.1) is 0 Å². The molecule has 4 rings (SSSR count).